The van der Waals surface area contributed by atoms with Crippen LogP contribution in [0.4, 0.5) is 0 Å². The summed E-state index contributed by atoms with van der Waals surface area (Å²) in [6.07, 6.45) is 0.850. The largest absolute Gasteiger partial charge is 0.465 e. The molecule has 2 atom stereocenters. The fraction of sp³-hybridized carbons (Fsp3) is 0.615. The Balaban J connectivity index is 2.22. The van der Waals surface area contributed by atoms with E-state index >= 15 is 0 Å². The first-order chi connectivity index (χ1) is 8.61. The second-order valence-corrected chi connectivity index (χ2v) is 4.79. The van der Waals surface area contributed by atoms with Gasteiger partial charge in [0.2, 0.25) is 5.91 Å². The van der Waals surface area contributed by atoms with E-state index in [1.807, 2.05) is 19.1 Å². The van der Waals surface area contributed by atoms with Crippen molar-refractivity contribution in [1.29, 1.82) is 0 Å². The van der Waals surface area contributed by atoms with Gasteiger partial charge in [-0.1, -0.05) is 6.92 Å². The fourth-order valence-corrected chi connectivity index (χ4v) is 2.39. The van der Waals surface area contributed by atoms with Gasteiger partial charge in [0, 0.05) is 19.1 Å². The molecule has 1 amide bonds. The van der Waals surface area contributed by atoms with Crippen LogP contribution in [0.3, 0.4) is 0 Å². The Bertz CT molecular complexity index is 416. The van der Waals surface area contributed by atoms with Crippen LogP contribution in [0.25, 0.3) is 0 Å². The Morgan fingerprint density at radius 3 is 2.89 bits per heavy atom. The Morgan fingerprint density at radius 1 is 1.56 bits per heavy atom. The Labute approximate surface area is 107 Å². The number of nitrogens with zero attached hydrogens (tertiary/aromatic N) is 1. The lowest BCUT2D eigenvalue weighted by atomic mass is 10.0. The molecule has 1 aromatic rings. The molecule has 5 nitrogen and oxygen atoms in total. The maximum absolute atomic E-state index is 11.5. The summed E-state index contributed by atoms with van der Waals surface area (Å²) in [5.41, 5.74) is 6.20. The summed E-state index contributed by atoms with van der Waals surface area (Å²) in [6.45, 7) is 5.84. The Morgan fingerprint density at radius 2 is 2.33 bits per heavy atom. The van der Waals surface area contributed by atoms with Crippen molar-refractivity contribution in [3.8, 4) is 0 Å². The average Bonchev–Trinajstić information content (AvgIpc) is 2.76. The third-order valence-electron chi connectivity index (χ3n) is 3.39. The molecule has 5 heteroatoms. The van der Waals surface area contributed by atoms with Gasteiger partial charge in [-0.05, 0) is 25.5 Å². The minimum atomic E-state index is -0.0264. The molecule has 2 rings (SSSR count). The van der Waals surface area contributed by atoms with Crippen LogP contribution >= 0.6 is 0 Å². The SMILES string of the molecule is CCC(N)C(c1ccc(C)o1)N1CCNC(=O)C1. The van der Waals surface area contributed by atoms with E-state index in [0.717, 1.165) is 24.5 Å². The summed E-state index contributed by atoms with van der Waals surface area (Å²) < 4.78 is 5.70. The van der Waals surface area contributed by atoms with Gasteiger partial charge in [-0.25, -0.2) is 0 Å². The summed E-state index contributed by atoms with van der Waals surface area (Å²) in [5.74, 6) is 1.79. The number of furan rings is 1. The van der Waals surface area contributed by atoms with Crippen molar-refractivity contribution in [2.45, 2.75) is 32.4 Å². The topological polar surface area (TPSA) is 71.5 Å². The highest BCUT2D eigenvalue weighted by Gasteiger charge is 2.31. The number of amides is 1. The molecule has 18 heavy (non-hydrogen) atoms. The molecule has 1 aliphatic rings. The van der Waals surface area contributed by atoms with E-state index in [2.05, 4.69) is 17.1 Å². The van der Waals surface area contributed by atoms with Crippen LogP contribution in [-0.4, -0.2) is 36.5 Å². The van der Waals surface area contributed by atoms with Crippen LogP contribution < -0.4 is 11.1 Å². The standard InChI is InChI=1S/C13H21N3O2/c1-3-10(14)13(11-5-4-9(2)18-11)16-7-6-15-12(17)8-16/h4-5,10,13H,3,6-8,14H2,1-2H3,(H,15,17). The van der Waals surface area contributed by atoms with E-state index in [1.54, 1.807) is 0 Å². The molecule has 0 spiro atoms. The number of rotatable bonds is 4. The quantitative estimate of drug-likeness (QED) is 0.830. The number of piperazine rings is 1. The zero-order chi connectivity index (χ0) is 13.1. The van der Waals surface area contributed by atoms with Crippen LogP contribution in [0, 0.1) is 6.92 Å². The van der Waals surface area contributed by atoms with E-state index in [-0.39, 0.29) is 18.0 Å². The normalized spacial score (nSPS) is 20.5. The predicted molar refractivity (Wildman–Crippen MR) is 69.0 cm³/mol. The second kappa shape index (κ2) is 5.54. The van der Waals surface area contributed by atoms with E-state index in [9.17, 15) is 4.79 Å². The number of aryl methyl sites for hydroxylation is 1. The molecule has 0 saturated carbocycles. The highest BCUT2D eigenvalue weighted by atomic mass is 16.3. The lowest BCUT2D eigenvalue weighted by Gasteiger charge is -2.36. The summed E-state index contributed by atoms with van der Waals surface area (Å²) >= 11 is 0. The van der Waals surface area contributed by atoms with Gasteiger partial charge in [0.15, 0.2) is 0 Å². The number of hydrogen-bond acceptors (Lipinski definition) is 4. The van der Waals surface area contributed by atoms with Crippen molar-refractivity contribution in [3.63, 3.8) is 0 Å². The Kier molecular flexibility index (Phi) is 4.04. The molecular formula is C13H21N3O2. The lowest BCUT2D eigenvalue weighted by Crippen LogP contribution is -2.52. The summed E-state index contributed by atoms with van der Waals surface area (Å²) in [4.78, 5) is 13.6. The van der Waals surface area contributed by atoms with E-state index in [0.29, 0.717) is 13.1 Å². The molecule has 2 heterocycles. The minimum absolute atomic E-state index is 0.0188. The molecular weight excluding hydrogens is 230 g/mol. The van der Waals surface area contributed by atoms with Gasteiger partial charge in [0.1, 0.15) is 11.5 Å². The summed E-state index contributed by atoms with van der Waals surface area (Å²) in [5, 5.41) is 2.83. The summed E-state index contributed by atoms with van der Waals surface area (Å²) in [7, 11) is 0. The monoisotopic (exact) mass is 251 g/mol. The molecule has 0 aromatic carbocycles. The van der Waals surface area contributed by atoms with Crippen LogP contribution in [-0.2, 0) is 4.79 Å². The van der Waals surface area contributed by atoms with Gasteiger partial charge in [-0.15, -0.1) is 0 Å². The predicted octanol–water partition coefficient (Wildman–Crippen LogP) is 0.798. The van der Waals surface area contributed by atoms with Crippen molar-refractivity contribution >= 4 is 5.91 Å². The van der Waals surface area contributed by atoms with E-state index in [4.69, 9.17) is 10.2 Å². The van der Waals surface area contributed by atoms with Gasteiger partial charge in [-0.2, -0.15) is 0 Å². The molecule has 1 aliphatic heterocycles. The fourth-order valence-electron chi connectivity index (χ4n) is 2.39. The van der Waals surface area contributed by atoms with Crippen LogP contribution in [0.5, 0.6) is 0 Å². The number of nitrogens with two attached hydrogens (primary N) is 1. The molecule has 2 unspecified atom stereocenters. The van der Waals surface area contributed by atoms with Crippen molar-refractivity contribution in [3.05, 3.63) is 23.7 Å². The first kappa shape index (κ1) is 13.1. The molecule has 0 aliphatic carbocycles. The molecule has 0 bridgehead atoms. The van der Waals surface area contributed by atoms with E-state index < -0.39 is 0 Å². The van der Waals surface area contributed by atoms with E-state index in [1.165, 1.54) is 0 Å². The minimum Gasteiger partial charge on any atom is -0.465 e. The first-order valence-electron chi connectivity index (χ1n) is 6.44. The third-order valence-corrected chi connectivity index (χ3v) is 3.39. The number of carbonyl (C=O) groups is 1. The van der Waals surface area contributed by atoms with Crippen LogP contribution in [0.1, 0.15) is 30.9 Å². The smallest absolute Gasteiger partial charge is 0.234 e. The maximum Gasteiger partial charge on any atom is 0.234 e. The first-order valence-corrected chi connectivity index (χ1v) is 6.44. The maximum atomic E-state index is 11.5. The highest BCUT2D eigenvalue weighted by Crippen LogP contribution is 2.27. The highest BCUT2D eigenvalue weighted by molar-refractivity contribution is 5.78. The van der Waals surface area contributed by atoms with Crippen molar-refractivity contribution < 1.29 is 9.21 Å². The molecule has 1 saturated heterocycles. The van der Waals surface area contributed by atoms with Crippen molar-refractivity contribution in [1.82, 2.24) is 10.2 Å². The molecule has 100 valence electrons. The molecule has 0 radical (unpaired) electrons. The zero-order valence-electron chi connectivity index (χ0n) is 11.0. The average molecular weight is 251 g/mol. The van der Waals surface area contributed by atoms with Crippen molar-refractivity contribution in [2.75, 3.05) is 19.6 Å². The van der Waals surface area contributed by atoms with Gasteiger partial charge in [0.25, 0.3) is 0 Å². The van der Waals surface area contributed by atoms with Gasteiger partial charge in [-0.3, -0.25) is 9.69 Å². The number of hydrogen-bond donors (Lipinski definition) is 2. The van der Waals surface area contributed by atoms with Gasteiger partial charge >= 0.3 is 0 Å². The second-order valence-electron chi connectivity index (χ2n) is 4.79. The molecule has 1 aromatic heterocycles. The lowest BCUT2D eigenvalue weighted by molar-refractivity contribution is -0.125. The zero-order valence-corrected chi connectivity index (χ0v) is 11.0. The van der Waals surface area contributed by atoms with Crippen LogP contribution in [0.2, 0.25) is 0 Å². The number of nitrogens with one attached hydrogen (secondary N) is 1. The Hall–Kier alpha value is -1.33. The van der Waals surface area contributed by atoms with Crippen molar-refractivity contribution in [2.24, 2.45) is 5.73 Å². The third kappa shape index (κ3) is 2.73. The van der Waals surface area contributed by atoms with Crippen LogP contribution in [0.15, 0.2) is 16.5 Å². The van der Waals surface area contributed by atoms with Gasteiger partial charge < -0.3 is 15.5 Å². The molecule has 3 N–H and O–H groups in total. The number of carbonyl (C=O) groups excluding carboxylic acids is 1. The summed E-state index contributed by atoms with van der Waals surface area (Å²) in [6, 6.07) is 3.85. The van der Waals surface area contributed by atoms with Gasteiger partial charge in [0.05, 0.1) is 12.6 Å². The molecule has 1 fully saturated rings.